The van der Waals surface area contributed by atoms with Gasteiger partial charge in [0.25, 0.3) is 5.91 Å². The van der Waals surface area contributed by atoms with Crippen molar-refractivity contribution in [3.63, 3.8) is 0 Å². The van der Waals surface area contributed by atoms with Crippen LogP contribution in [0.15, 0.2) is 98.7 Å². The van der Waals surface area contributed by atoms with E-state index in [2.05, 4.69) is 31.4 Å². The molecule has 3 aromatic carbocycles. The Morgan fingerprint density at radius 3 is 2.46 bits per heavy atom. The predicted octanol–water partition coefficient (Wildman–Crippen LogP) is 5.98. The number of hydrogen-bond donors (Lipinski definition) is 1. The molecule has 1 unspecified atom stereocenters. The number of fused-ring (bicyclic) bond motifs is 1. The Kier molecular flexibility index (Phi) is 7.87. The summed E-state index contributed by atoms with van der Waals surface area (Å²) in [4.78, 5) is 31.3. The first-order valence-corrected chi connectivity index (χ1v) is 14.3. The second-order valence-electron chi connectivity index (χ2n) is 8.14. The summed E-state index contributed by atoms with van der Waals surface area (Å²) in [5.41, 5.74) is 3.80. The molecule has 0 saturated carbocycles. The van der Waals surface area contributed by atoms with E-state index in [1.165, 1.54) is 23.5 Å². The summed E-state index contributed by atoms with van der Waals surface area (Å²) in [6, 6.07) is 24.4. The molecule has 1 atom stereocenters. The van der Waals surface area contributed by atoms with Crippen molar-refractivity contribution >= 4 is 73.2 Å². The SMILES string of the molecule is CCC(Sc1nc2ccccc2n1C(=O)c1ccccc1)C(=O)NC1=NN=C(c2ccc(Br)cc2)CS1. The summed E-state index contributed by atoms with van der Waals surface area (Å²) in [7, 11) is 0. The molecule has 0 spiro atoms. The van der Waals surface area contributed by atoms with Crippen molar-refractivity contribution in [2.75, 3.05) is 5.75 Å². The quantitative estimate of drug-likeness (QED) is 0.278. The molecular weight excluding hydrogens is 570 g/mol. The topological polar surface area (TPSA) is 88.7 Å². The predicted molar refractivity (Wildman–Crippen MR) is 155 cm³/mol. The van der Waals surface area contributed by atoms with Crippen LogP contribution in [0, 0.1) is 0 Å². The van der Waals surface area contributed by atoms with E-state index in [1.807, 2.05) is 73.7 Å². The lowest BCUT2D eigenvalue weighted by molar-refractivity contribution is -0.119. The third kappa shape index (κ3) is 5.71. The highest BCUT2D eigenvalue weighted by Gasteiger charge is 2.26. The molecule has 10 heteroatoms. The fourth-order valence-electron chi connectivity index (χ4n) is 3.77. The highest BCUT2D eigenvalue weighted by molar-refractivity contribution is 9.10. The van der Waals surface area contributed by atoms with Crippen LogP contribution >= 0.6 is 39.5 Å². The Hall–Kier alpha value is -3.21. The van der Waals surface area contributed by atoms with Crippen LogP contribution in [0.2, 0.25) is 0 Å². The molecular formula is C27H22BrN5O2S2. The Bertz CT molecular complexity index is 1520. The number of carbonyl (C=O) groups excluding carboxylic acids is 2. The molecule has 0 bridgehead atoms. The van der Waals surface area contributed by atoms with E-state index in [0.717, 1.165) is 15.7 Å². The molecule has 5 rings (SSSR count). The average Bonchev–Trinajstić information content (AvgIpc) is 3.30. The smallest absolute Gasteiger partial charge is 0.264 e. The van der Waals surface area contributed by atoms with Crippen molar-refractivity contribution in [3.05, 3.63) is 94.5 Å². The first-order valence-electron chi connectivity index (χ1n) is 11.6. The van der Waals surface area contributed by atoms with Gasteiger partial charge in [-0.3, -0.25) is 14.2 Å². The number of hydrogen-bond acceptors (Lipinski definition) is 7. The van der Waals surface area contributed by atoms with Crippen LogP contribution in [0.4, 0.5) is 0 Å². The monoisotopic (exact) mass is 591 g/mol. The Morgan fingerprint density at radius 2 is 1.76 bits per heavy atom. The lowest BCUT2D eigenvalue weighted by atomic mass is 10.1. The van der Waals surface area contributed by atoms with Crippen LogP contribution in [0.25, 0.3) is 11.0 Å². The molecule has 37 heavy (non-hydrogen) atoms. The maximum atomic E-state index is 13.4. The van der Waals surface area contributed by atoms with Crippen molar-refractivity contribution < 1.29 is 9.59 Å². The number of halogens is 1. The van der Waals surface area contributed by atoms with Gasteiger partial charge in [0.1, 0.15) is 0 Å². The van der Waals surface area contributed by atoms with Crippen molar-refractivity contribution in [2.24, 2.45) is 10.2 Å². The number of rotatable bonds is 6. The van der Waals surface area contributed by atoms with Gasteiger partial charge in [0.2, 0.25) is 5.91 Å². The van der Waals surface area contributed by atoms with E-state index in [1.54, 1.807) is 16.7 Å². The lowest BCUT2D eigenvalue weighted by Crippen LogP contribution is -2.37. The lowest BCUT2D eigenvalue weighted by Gasteiger charge is -2.17. The first-order chi connectivity index (χ1) is 18.0. The fourth-order valence-corrected chi connectivity index (χ4v) is 5.83. The molecule has 2 heterocycles. The number of nitrogens with zero attached hydrogens (tertiary/aromatic N) is 4. The Morgan fingerprint density at radius 1 is 1.03 bits per heavy atom. The van der Waals surface area contributed by atoms with Gasteiger partial charge in [-0.1, -0.05) is 88.8 Å². The molecule has 0 fully saturated rings. The van der Waals surface area contributed by atoms with Gasteiger partial charge >= 0.3 is 0 Å². The maximum absolute atomic E-state index is 13.4. The number of amides is 1. The van der Waals surface area contributed by atoms with E-state index >= 15 is 0 Å². The minimum absolute atomic E-state index is 0.186. The Balaban J connectivity index is 1.36. The molecule has 4 aromatic rings. The van der Waals surface area contributed by atoms with Crippen LogP contribution in [0.1, 0.15) is 29.3 Å². The number of amidine groups is 1. The van der Waals surface area contributed by atoms with Crippen molar-refractivity contribution in [1.29, 1.82) is 0 Å². The number of nitrogens with one attached hydrogen (secondary N) is 1. The molecule has 1 aromatic heterocycles. The highest BCUT2D eigenvalue weighted by Crippen LogP contribution is 2.30. The van der Waals surface area contributed by atoms with Gasteiger partial charge in [0.05, 0.1) is 22.0 Å². The second-order valence-corrected chi connectivity index (χ2v) is 11.2. The molecule has 0 radical (unpaired) electrons. The van der Waals surface area contributed by atoms with Gasteiger partial charge in [-0.05, 0) is 48.4 Å². The zero-order valence-corrected chi connectivity index (χ0v) is 23.0. The molecule has 1 aliphatic rings. The second kappa shape index (κ2) is 11.5. The van der Waals surface area contributed by atoms with Gasteiger partial charge in [0, 0.05) is 15.8 Å². The number of para-hydroxylation sites is 2. The van der Waals surface area contributed by atoms with Crippen LogP contribution in [-0.4, -0.2) is 43.2 Å². The number of benzene rings is 3. The summed E-state index contributed by atoms with van der Waals surface area (Å²) in [5.74, 6) is 0.215. The zero-order chi connectivity index (χ0) is 25.8. The molecule has 1 amide bonds. The molecule has 1 aliphatic heterocycles. The van der Waals surface area contributed by atoms with Gasteiger partial charge < -0.3 is 5.32 Å². The van der Waals surface area contributed by atoms with E-state index < -0.39 is 5.25 Å². The van der Waals surface area contributed by atoms with Crippen molar-refractivity contribution in [3.8, 4) is 0 Å². The number of imidazole rings is 1. The minimum Gasteiger partial charge on any atom is -0.303 e. The molecule has 0 aliphatic carbocycles. The van der Waals surface area contributed by atoms with E-state index in [-0.39, 0.29) is 11.8 Å². The molecule has 0 saturated heterocycles. The number of thioether (sulfide) groups is 2. The summed E-state index contributed by atoms with van der Waals surface area (Å²) >= 11 is 6.14. The summed E-state index contributed by atoms with van der Waals surface area (Å²) < 4.78 is 2.59. The Labute approximate surface area is 231 Å². The summed E-state index contributed by atoms with van der Waals surface area (Å²) in [6.07, 6.45) is 0.546. The summed E-state index contributed by atoms with van der Waals surface area (Å²) in [6.45, 7) is 1.93. The third-order valence-electron chi connectivity index (χ3n) is 5.68. The van der Waals surface area contributed by atoms with Crippen molar-refractivity contribution in [1.82, 2.24) is 14.9 Å². The molecule has 7 nitrogen and oxygen atoms in total. The molecule has 186 valence electrons. The first kappa shape index (κ1) is 25.4. The normalized spacial score (nSPS) is 14.1. The van der Waals surface area contributed by atoms with Crippen LogP contribution in [0.5, 0.6) is 0 Å². The van der Waals surface area contributed by atoms with Crippen LogP contribution in [-0.2, 0) is 4.79 Å². The fraction of sp³-hybridized carbons (Fsp3) is 0.148. The zero-order valence-electron chi connectivity index (χ0n) is 19.8. The third-order valence-corrected chi connectivity index (χ3v) is 8.40. The summed E-state index contributed by atoms with van der Waals surface area (Å²) in [5, 5.41) is 11.9. The highest BCUT2D eigenvalue weighted by atomic mass is 79.9. The van der Waals surface area contributed by atoms with Gasteiger partial charge in [-0.15, -0.1) is 5.10 Å². The number of carbonyl (C=O) groups is 2. The van der Waals surface area contributed by atoms with Crippen LogP contribution in [0.3, 0.4) is 0 Å². The molecule has 1 N–H and O–H groups in total. The van der Waals surface area contributed by atoms with E-state index in [9.17, 15) is 9.59 Å². The van der Waals surface area contributed by atoms with Crippen molar-refractivity contribution in [2.45, 2.75) is 23.8 Å². The van der Waals surface area contributed by atoms with E-state index in [0.29, 0.717) is 39.1 Å². The average molecular weight is 593 g/mol. The van der Waals surface area contributed by atoms with Gasteiger partial charge in [0.15, 0.2) is 10.3 Å². The largest absolute Gasteiger partial charge is 0.303 e. The maximum Gasteiger partial charge on any atom is 0.264 e. The van der Waals surface area contributed by atoms with Gasteiger partial charge in [-0.25, -0.2) is 4.98 Å². The number of aromatic nitrogens is 2. The van der Waals surface area contributed by atoms with E-state index in [4.69, 9.17) is 4.98 Å². The van der Waals surface area contributed by atoms with Gasteiger partial charge in [-0.2, -0.15) is 5.10 Å². The minimum atomic E-state index is -0.473. The standard InChI is InChI=1S/C27H22BrN5O2S2/c1-2-23(24(34)30-26-32-31-21(16-36-26)17-12-14-19(28)15-13-17)37-27-29-20-10-6-7-11-22(20)33(27)25(35)18-8-4-3-5-9-18/h3-15,23H,2,16H2,1H3,(H,30,32,34). The van der Waals surface area contributed by atoms with Crippen LogP contribution < -0.4 is 5.32 Å².